The maximum atomic E-state index is 13.3. The second-order valence-electron chi connectivity index (χ2n) is 6.24. The molecule has 0 saturated carbocycles. The van der Waals surface area contributed by atoms with Crippen LogP contribution < -0.4 is 0 Å². The van der Waals surface area contributed by atoms with E-state index >= 15 is 0 Å². The highest BCUT2D eigenvalue weighted by Crippen LogP contribution is 2.24. The Balaban J connectivity index is 1.63. The van der Waals surface area contributed by atoms with Crippen molar-refractivity contribution >= 4 is 5.97 Å². The summed E-state index contributed by atoms with van der Waals surface area (Å²) in [7, 11) is 0. The summed E-state index contributed by atoms with van der Waals surface area (Å²) in [6.07, 6.45) is 1.84. The van der Waals surface area contributed by atoms with Crippen LogP contribution in [0.4, 0.5) is 4.39 Å². The van der Waals surface area contributed by atoms with Crippen molar-refractivity contribution in [3.8, 4) is 16.9 Å². The molecule has 0 aliphatic carbocycles. The Hall–Kier alpha value is -3.73. The maximum Gasteiger partial charge on any atom is 0.338 e. The summed E-state index contributed by atoms with van der Waals surface area (Å²) in [5.41, 5.74) is 3.50. The number of benzene rings is 3. The van der Waals surface area contributed by atoms with Gasteiger partial charge in [-0.3, -0.25) is 0 Å². The predicted octanol–water partition coefficient (Wildman–Crippen LogP) is 5.04. The van der Waals surface area contributed by atoms with Crippen molar-refractivity contribution in [1.82, 2.24) is 9.78 Å². The molecule has 4 aromatic rings. The molecule has 1 aromatic heterocycles. The van der Waals surface area contributed by atoms with Crippen molar-refractivity contribution in [3.63, 3.8) is 0 Å². The van der Waals surface area contributed by atoms with E-state index in [1.807, 2.05) is 66.9 Å². The minimum Gasteiger partial charge on any atom is -0.457 e. The second-order valence-corrected chi connectivity index (χ2v) is 6.24. The fraction of sp³-hybridized carbons (Fsp3) is 0.0435. The SMILES string of the molecule is O=C(OCc1cn(-c2ccccc2)nc1-c1ccccc1)c1cccc(F)c1. The van der Waals surface area contributed by atoms with Crippen LogP contribution in [-0.2, 0) is 11.3 Å². The third-order valence-corrected chi connectivity index (χ3v) is 4.28. The van der Waals surface area contributed by atoms with Gasteiger partial charge in [0, 0.05) is 17.3 Å². The molecule has 1 heterocycles. The van der Waals surface area contributed by atoms with Gasteiger partial charge in [0.2, 0.25) is 0 Å². The number of ether oxygens (including phenoxy) is 1. The highest BCUT2D eigenvalue weighted by molar-refractivity contribution is 5.89. The molecule has 0 fully saturated rings. The molecule has 0 aliphatic rings. The van der Waals surface area contributed by atoms with Crippen LogP contribution in [0.2, 0.25) is 0 Å². The monoisotopic (exact) mass is 372 g/mol. The number of esters is 1. The Morgan fingerprint density at radius 2 is 1.64 bits per heavy atom. The summed E-state index contributed by atoms with van der Waals surface area (Å²) in [5, 5.41) is 4.68. The summed E-state index contributed by atoms with van der Waals surface area (Å²) in [5.74, 6) is -1.05. The first kappa shape index (κ1) is 17.7. The van der Waals surface area contributed by atoms with Crippen LogP contribution in [0.25, 0.3) is 16.9 Å². The average molecular weight is 372 g/mol. The standard InChI is InChI=1S/C23H17FN2O2/c24-20-11-7-10-18(14-20)23(27)28-16-19-15-26(21-12-5-2-6-13-21)25-22(19)17-8-3-1-4-9-17/h1-15H,16H2. The first-order chi connectivity index (χ1) is 13.7. The molecule has 0 unspecified atom stereocenters. The molecule has 0 radical (unpaired) electrons. The van der Waals surface area contributed by atoms with Gasteiger partial charge in [-0.1, -0.05) is 54.6 Å². The van der Waals surface area contributed by atoms with Crippen molar-refractivity contribution < 1.29 is 13.9 Å². The van der Waals surface area contributed by atoms with Gasteiger partial charge in [-0.15, -0.1) is 0 Å². The molecular weight excluding hydrogens is 355 g/mol. The van der Waals surface area contributed by atoms with E-state index in [1.165, 1.54) is 18.2 Å². The van der Waals surface area contributed by atoms with Crippen molar-refractivity contribution in [2.75, 3.05) is 0 Å². The molecule has 0 bridgehead atoms. The molecule has 0 aliphatic heterocycles. The molecule has 4 nitrogen and oxygen atoms in total. The third-order valence-electron chi connectivity index (χ3n) is 4.28. The van der Waals surface area contributed by atoms with E-state index in [0.29, 0.717) is 0 Å². The summed E-state index contributed by atoms with van der Waals surface area (Å²) in [4.78, 5) is 12.3. The fourth-order valence-corrected chi connectivity index (χ4v) is 2.91. The van der Waals surface area contributed by atoms with Gasteiger partial charge >= 0.3 is 5.97 Å². The molecule has 0 spiro atoms. The molecule has 0 saturated heterocycles. The van der Waals surface area contributed by atoms with Crippen LogP contribution in [0.3, 0.4) is 0 Å². The molecule has 3 aromatic carbocycles. The maximum absolute atomic E-state index is 13.3. The van der Waals surface area contributed by atoms with Gasteiger partial charge in [-0.25, -0.2) is 13.9 Å². The summed E-state index contributed by atoms with van der Waals surface area (Å²) >= 11 is 0. The van der Waals surface area contributed by atoms with Crippen LogP contribution in [0.15, 0.2) is 91.1 Å². The highest BCUT2D eigenvalue weighted by atomic mass is 19.1. The number of nitrogens with zero attached hydrogens (tertiary/aromatic N) is 2. The lowest BCUT2D eigenvalue weighted by molar-refractivity contribution is 0.0473. The van der Waals surface area contributed by atoms with E-state index in [0.717, 1.165) is 28.6 Å². The minimum atomic E-state index is -0.578. The van der Waals surface area contributed by atoms with Crippen LogP contribution in [0.5, 0.6) is 0 Å². The molecule has 28 heavy (non-hydrogen) atoms. The van der Waals surface area contributed by atoms with Gasteiger partial charge in [0.25, 0.3) is 0 Å². The summed E-state index contributed by atoms with van der Waals surface area (Å²) in [6.45, 7) is 0.0341. The Kier molecular flexibility index (Phi) is 4.97. The zero-order valence-electron chi connectivity index (χ0n) is 15.0. The van der Waals surface area contributed by atoms with Crippen LogP contribution in [-0.4, -0.2) is 15.7 Å². The van der Waals surface area contributed by atoms with Gasteiger partial charge < -0.3 is 4.74 Å². The smallest absolute Gasteiger partial charge is 0.338 e. The Morgan fingerprint density at radius 3 is 2.36 bits per heavy atom. The molecule has 0 amide bonds. The van der Waals surface area contributed by atoms with Gasteiger partial charge in [-0.05, 0) is 30.3 Å². The number of hydrogen-bond acceptors (Lipinski definition) is 3. The van der Waals surface area contributed by atoms with Gasteiger partial charge in [0.15, 0.2) is 0 Å². The summed E-state index contributed by atoms with van der Waals surface area (Å²) < 4.78 is 20.5. The van der Waals surface area contributed by atoms with Crippen molar-refractivity contribution in [2.45, 2.75) is 6.61 Å². The third kappa shape index (κ3) is 3.83. The van der Waals surface area contributed by atoms with Crippen LogP contribution >= 0.6 is 0 Å². The van der Waals surface area contributed by atoms with Crippen LogP contribution in [0.1, 0.15) is 15.9 Å². The molecule has 0 atom stereocenters. The predicted molar refractivity (Wildman–Crippen MR) is 105 cm³/mol. The first-order valence-corrected chi connectivity index (χ1v) is 8.83. The number of halogens is 1. The van der Waals surface area contributed by atoms with Crippen LogP contribution in [0, 0.1) is 5.82 Å². The molecule has 138 valence electrons. The van der Waals surface area contributed by atoms with Gasteiger partial charge in [-0.2, -0.15) is 5.10 Å². The lowest BCUT2D eigenvalue weighted by atomic mass is 10.1. The largest absolute Gasteiger partial charge is 0.457 e. The van der Waals surface area contributed by atoms with E-state index in [2.05, 4.69) is 5.10 Å². The molecule has 5 heteroatoms. The second kappa shape index (κ2) is 7.88. The quantitative estimate of drug-likeness (QED) is 0.461. The lowest BCUT2D eigenvalue weighted by Crippen LogP contribution is -2.05. The number of hydrogen-bond donors (Lipinski definition) is 0. The zero-order chi connectivity index (χ0) is 19.3. The van der Waals surface area contributed by atoms with Gasteiger partial charge in [0.05, 0.1) is 16.9 Å². The van der Waals surface area contributed by atoms with E-state index < -0.39 is 11.8 Å². The number of para-hydroxylation sites is 1. The van der Waals surface area contributed by atoms with Crippen molar-refractivity contribution in [1.29, 1.82) is 0 Å². The number of carbonyl (C=O) groups is 1. The Morgan fingerprint density at radius 1 is 0.929 bits per heavy atom. The number of aromatic nitrogens is 2. The number of carbonyl (C=O) groups excluding carboxylic acids is 1. The first-order valence-electron chi connectivity index (χ1n) is 8.83. The van der Waals surface area contributed by atoms with Gasteiger partial charge in [0.1, 0.15) is 12.4 Å². The highest BCUT2D eigenvalue weighted by Gasteiger charge is 2.15. The Bertz CT molecular complexity index is 1090. The lowest BCUT2D eigenvalue weighted by Gasteiger charge is -2.05. The van der Waals surface area contributed by atoms with E-state index in [4.69, 9.17) is 4.74 Å². The normalized spacial score (nSPS) is 10.6. The van der Waals surface area contributed by atoms with E-state index in [9.17, 15) is 9.18 Å². The zero-order valence-corrected chi connectivity index (χ0v) is 15.0. The van der Waals surface area contributed by atoms with E-state index in [-0.39, 0.29) is 12.2 Å². The van der Waals surface area contributed by atoms with Crippen molar-refractivity contribution in [2.24, 2.45) is 0 Å². The molecule has 0 N–H and O–H groups in total. The molecular formula is C23H17FN2O2. The number of rotatable bonds is 5. The Labute approximate surface area is 161 Å². The van der Waals surface area contributed by atoms with Crippen molar-refractivity contribution in [3.05, 3.63) is 108 Å². The molecule has 4 rings (SSSR count). The fourth-order valence-electron chi connectivity index (χ4n) is 2.91. The summed E-state index contributed by atoms with van der Waals surface area (Å²) in [6, 6.07) is 24.9. The van der Waals surface area contributed by atoms with E-state index in [1.54, 1.807) is 4.68 Å². The average Bonchev–Trinajstić information content (AvgIpc) is 3.17. The topological polar surface area (TPSA) is 44.1 Å². The minimum absolute atomic E-state index is 0.0341.